The highest BCUT2D eigenvalue weighted by atomic mass is 15.0. The van der Waals surface area contributed by atoms with Crippen molar-refractivity contribution in [2.45, 2.75) is 0 Å². The minimum atomic E-state index is 1.17. The number of benzene rings is 8. The highest BCUT2D eigenvalue weighted by Crippen LogP contribution is 2.46. The van der Waals surface area contributed by atoms with E-state index in [1.54, 1.807) is 0 Å². The third-order valence-electron chi connectivity index (χ3n) is 11.1. The highest BCUT2D eigenvalue weighted by Gasteiger charge is 2.23. The van der Waals surface area contributed by atoms with Crippen LogP contribution < -0.4 is 0 Å². The highest BCUT2D eigenvalue weighted by molar-refractivity contribution is 6.33. The van der Waals surface area contributed by atoms with Gasteiger partial charge in [0.05, 0.1) is 38.6 Å². The molecular weight excluding hydrogens is 619 g/mol. The predicted molar refractivity (Wildman–Crippen MR) is 215 cm³/mol. The average molecular weight is 648 g/mol. The van der Waals surface area contributed by atoms with Crippen molar-refractivity contribution in [3.05, 3.63) is 176 Å². The van der Waals surface area contributed by atoms with Crippen LogP contribution in [0.3, 0.4) is 0 Å². The third kappa shape index (κ3) is 3.52. The minimum absolute atomic E-state index is 1.17. The van der Waals surface area contributed by atoms with E-state index in [0.29, 0.717) is 0 Å². The quantitative estimate of drug-likeness (QED) is 0.181. The van der Waals surface area contributed by atoms with Gasteiger partial charge < -0.3 is 13.5 Å². The summed E-state index contributed by atoms with van der Waals surface area (Å²) < 4.78 is 7.31. The number of fused-ring (bicyclic) bond motifs is 13. The summed E-state index contributed by atoms with van der Waals surface area (Å²) in [7, 11) is 0. The minimum Gasteiger partial charge on any atom is -0.309 e. The predicted octanol–water partition coefficient (Wildman–Crippen LogP) is 12.7. The van der Waals surface area contributed by atoms with Gasteiger partial charge in [-0.3, -0.25) is 0 Å². The van der Waals surface area contributed by atoms with Crippen molar-refractivity contribution in [3.63, 3.8) is 0 Å². The molecule has 0 saturated carbocycles. The van der Waals surface area contributed by atoms with Crippen LogP contribution in [0.15, 0.2) is 176 Å². The average Bonchev–Trinajstić information content (AvgIpc) is 3.92. The Morgan fingerprint density at radius 2 is 0.745 bits per heavy atom. The molecule has 12 aromatic rings. The van der Waals surface area contributed by atoms with Gasteiger partial charge in [0.2, 0.25) is 0 Å². The van der Waals surface area contributed by atoms with Crippen LogP contribution in [0.4, 0.5) is 0 Å². The van der Waals surface area contributed by atoms with Gasteiger partial charge in [0.25, 0.3) is 0 Å². The van der Waals surface area contributed by atoms with Crippen LogP contribution in [0.2, 0.25) is 0 Å². The second-order valence-corrected chi connectivity index (χ2v) is 13.7. The fourth-order valence-electron chi connectivity index (χ4n) is 9.07. The molecule has 12 rings (SSSR count). The SMILES string of the molecule is c1ccc(-n2c3ccccc3c3cc(-c4ccc5c(c4)c4c6c7cccc8c9ccccc9n(c6ccc4n5-c4ccccc4)c87)ccc32)cc1. The Hall–Kier alpha value is -6.84. The summed E-state index contributed by atoms with van der Waals surface area (Å²) in [5, 5.41) is 10.3. The smallest absolute Gasteiger partial charge is 0.0620 e. The zero-order valence-electron chi connectivity index (χ0n) is 27.6. The van der Waals surface area contributed by atoms with Gasteiger partial charge in [0.15, 0.2) is 0 Å². The van der Waals surface area contributed by atoms with Crippen molar-refractivity contribution in [1.82, 2.24) is 13.5 Å². The molecule has 0 radical (unpaired) electrons. The largest absolute Gasteiger partial charge is 0.309 e. The van der Waals surface area contributed by atoms with E-state index in [4.69, 9.17) is 0 Å². The monoisotopic (exact) mass is 647 g/mol. The van der Waals surface area contributed by atoms with Crippen molar-refractivity contribution in [1.29, 1.82) is 0 Å². The summed E-state index contributed by atoms with van der Waals surface area (Å²) in [6.07, 6.45) is 0. The van der Waals surface area contributed by atoms with Crippen LogP contribution in [0.5, 0.6) is 0 Å². The lowest BCUT2D eigenvalue weighted by atomic mass is 9.99. The summed E-state index contributed by atoms with van der Waals surface area (Å²) in [6, 6.07) is 64.6. The first-order valence-electron chi connectivity index (χ1n) is 17.6. The van der Waals surface area contributed by atoms with E-state index in [-0.39, 0.29) is 0 Å². The Bertz CT molecular complexity index is 3340. The molecule has 0 aliphatic heterocycles. The van der Waals surface area contributed by atoms with Gasteiger partial charge >= 0.3 is 0 Å². The molecule has 0 amide bonds. The number of para-hydroxylation sites is 5. The summed E-state index contributed by atoms with van der Waals surface area (Å²) in [5.41, 5.74) is 13.5. The number of aromatic nitrogens is 3. The summed E-state index contributed by atoms with van der Waals surface area (Å²) in [4.78, 5) is 0. The van der Waals surface area contributed by atoms with Crippen molar-refractivity contribution < 1.29 is 0 Å². The molecule has 0 aliphatic rings. The van der Waals surface area contributed by atoms with E-state index in [0.717, 1.165) is 0 Å². The molecule has 51 heavy (non-hydrogen) atoms. The molecule has 0 saturated heterocycles. The molecule has 0 fully saturated rings. The lowest BCUT2D eigenvalue weighted by Gasteiger charge is -2.09. The number of hydrogen-bond acceptors (Lipinski definition) is 0. The molecule has 0 N–H and O–H groups in total. The molecule has 4 heterocycles. The van der Waals surface area contributed by atoms with Crippen molar-refractivity contribution >= 4 is 81.7 Å². The van der Waals surface area contributed by atoms with Gasteiger partial charge in [-0.1, -0.05) is 103 Å². The molecule has 4 aromatic heterocycles. The fourth-order valence-corrected chi connectivity index (χ4v) is 9.07. The Morgan fingerprint density at radius 1 is 0.275 bits per heavy atom. The molecular formula is C48H29N3. The molecule has 0 unspecified atom stereocenters. The van der Waals surface area contributed by atoms with Crippen molar-refractivity contribution in [2.24, 2.45) is 0 Å². The Labute approximate surface area is 292 Å². The first kappa shape index (κ1) is 27.0. The second-order valence-electron chi connectivity index (χ2n) is 13.7. The summed E-state index contributed by atoms with van der Waals surface area (Å²) in [6.45, 7) is 0. The number of hydrogen-bond donors (Lipinski definition) is 0. The lowest BCUT2D eigenvalue weighted by molar-refractivity contribution is 1.18. The maximum atomic E-state index is 2.49. The normalized spacial score (nSPS) is 12.3. The lowest BCUT2D eigenvalue weighted by Crippen LogP contribution is -1.93. The van der Waals surface area contributed by atoms with E-state index < -0.39 is 0 Å². The Balaban J connectivity index is 1.18. The van der Waals surface area contributed by atoms with Crippen LogP contribution in [-0.4, -0.2) is 13.5 Å². The molecule has 0 spiro atoms. The van der Waals surface area contributed by atoms with Crippen LogP contribution in [0.1, 0.15) is 0 Å². The van der Waals surface area contributed by atoms with E-state index in [9.17, 15) is 0 Å². The first-order chi connectivity index (χ1) is 25.3. The zero-order chi connectivity index (χ0) is 33.2. The van der Waals surface area contributed by atoms with Crippen LogP contribution in [-0.2, 0) is 0 Å². The second kappa shape index (κ2) is 9.87. The zero-order valence-corrected chi connectivity index (χ0v) is 27.6. The van der Waals surface area contributed by atoms with Crippen LogP contribution >= 0.6 is 0 Å². The van der Waals surface area contributed by atoms with Gasteiger partial charge in [-0.05, 0) is 83.9 Å². The van der Waals surface area contributed by atoms with Gasteiger partial charge in [0, 0.05) is 54.5 Å². The van der Waals surface area contributed by atoms with Crippen molar-refractivity contribution in [2.75, 3.05) is 0 Å². The molecule has 8 aromatic carbocycles. The van der Waals surface area contributed by atoms with Gasteiger partial charge in [-0.2, -0.15) is 0 Å². The molecule has 236 valence electrons. The number of rotatable bonds is 3. The Kier molecular flexibility index (Phi) is 5.23. The first-order valence-corrected chi connectivity index (χ1v) is 17.6. The van der Waals surface area contributed by atoms with Crippen LogP contribution in [0, 0.1) is 0 Å². The number of nitrogens with zero attached hydrogens (tertiary/aromatic N) is 3. The molecule has 0 bridgehead atoms. The molecule has 3 nitrogen and oxygen atoms in total. The maximum Gasteiger partial charge on any atom is 0.0620 e. The maximum absolute atomic E-state index is 2.49. The summed E-state index contributed by atoms with van der Waals surface area (Å²) in [5.74, 6) is 0. The molecule has 3 heteroatoms. The van der Waals surface area contributed by atoms with Gasteiger partial charge in [0.1, 0.15) is 0 Å². The summed E-state index contributed by atoms with van der Waals surface area (Å²) >= 11 is 0. The van der Waals surface area contributed by atoms with Crippen LogP contribution in [0.25, 0.3) is 104 Å². The molecule has 0 aliphatic carbocycles. The Morgan fingerprint density at radius 3 is 1.47 bits per heavy atom. The van der Waals surface area contributed by atoms with E-state index in [1.807, 2.05) is 0 Å². The van der Waals surface area contributed by atoms with Gasteiger partial charge in [-0.25, -0.2) is 0 Å². The topological polar surface area (TPSA) is 14.3 Å². The van der Waals surface area contributed by atoms with Crippen molar-refractivity contribution in [3.8, 4) is 22.5 Å². The van der Waals surface area contributed by atoms with Gasteiger partial charge in [-0.15, -0.1) is 0 Å². The van der Waals surface area contributed by atoms with E-state index in [2.05, 4.69) is 189 Å². The van der Waals surface area contributed by atoms with E-state index >= 15 is 0 Å². The molecule has 0 atom stereocenters. The third-order valence-corrected chi connectivity index (χ3v) is 11.1. The fraction of sp³-hybridized carbons (Fsp3) is 0. The standard InChI is InChI=1S/C48H29N3/c1-3-12-32(13-4-1)49-40-20-9-8-17-35(40)38-28-30(22-24-42(38)49)31-23-25-43-39(29-31)47-44(50(43)33-14-5-2-6-15-33)26-27-45-46(47)37-19-11-18-36-34-16-7-10-21-41(34)51(45)48(36)37/h1-29H. The van der Waals surface area contributed by atoms with E-state index in [1.165, 1.54) is 104 Å².